The van der Waals surface area contributed by atoms with Crippen molar-refractivity contribution < 1.29 is 14.2 Å². The van der Waals surface area contributed by atoms with E-state index >= 15 is 0 Å². The number of epoxide rings is 1. The maximum absolute atomic E-state index is 5.60. The zero-order chi connectivity index (χ0) is 11.2. The van der Waals surface area contributed by atoms with Gasteiger partial charge in [-0.3, -0.25) is 0 Å². The highest BCUT2D eigenvalue weighted by molar-refractivity contribution is 5.32. The van der Waals surface area contributed by atoms with Crippen LogP contribution >= 0.6 is 0 Å². The van der Waals surface area contributed by atoms with Crippen molar-refractivity contribution in [2.45, 2.75) is 25.9 Å². The standard InChI is InChI=1S/C13H18O3/c1-2-3-7-14-11-5-4-6-12(8-11)15-9-13-10-16-13/h4-6,8,13H,2-3,7,9-10H2,1H3. The van der Waals surface area contributed by atoms with Crippen molar-refractivity contribution in [1.82, 2.24) is 0 Å². The first-order valence-corrected chi connectivity index (χ1v) is 5.85. The first-order chi connectivity index (χ1) is 7.88. The summed E-state index contributed by atoms with van der Waals surface area (Å²) in [5.74, 6) is 1.73. The number of unbranched alkanes of at least 4 members (excludes halogenated alkanes) is 1. The predicted molar refractivity (Wildman–Crippen MR) is 62.1 cm³/mol. The van der Waals surface area contributed by atoms with Crippen molar-refractivity contribution in [3.8, 4) is 11.5 Å². The van der Waals surface area contributed by atoms with E-state index in [9.17, 15) is 0 Å². The van der Waals surface area contributed by atoms with Crippen LogP contribution in [0.15, 0.2) is 24.3 Å². The summed E-state index contributed by atoms with van der Waals surface area (Å²) < 4.78 is 16.3. The number of hydrogen-bond donors (Lipinski definition) is 0. The Bertz CT molecular complexity index is 321. The van der Waals surface area contributed by atoms with E-state index in [4.69, 9.17) is 14.2 Å². The number of ether oxygens (including phenoxy) is 3. The third-order valence-electron chi connectivity index (χ3n) is 2.41. The average molecular weight is 222 g/mol. The molecule has 3 nitrogen and oxygen atoms in total. The van der Waals surface area contributed by atoms with Gasteiger partial charge in [-0.2, -0.15) is 0 Å². The highest BCUT2D eigenvalue weighted by Gasteiger charge is 2.22. The lowest BCUT2D eigenvalue weighted by Gasteiger charge is -2.08. The van der Waals surface area contributed by atoms with Crippen LogP contribution in [0.5, 0.6) is 11.5 Å². The van der Waals surface area contributed by atoms with Crippen molar-refractivity contribution in [3.63, 3.8) is 0 Å². The summed E-state index contributed by atoms with van der Waals surface area (Å²) >= 11 is 0. The van der Waals surface area contributed by atoms with Gasteiger partial charge >= 0.3 is 0 Å². The number of benzene rings is 1. The molecule has 2 rings (SSSR count). The van der Waals surface area contributed by atoms with Crippen LogP contribution in [0.4, 0.5) is 0 Å². The second kappa shape index (κ2) is 5.75. The van der Waals surface area contributed by atoms with Crippen molar-refractivity contribution in [2.75, 3.05) is 19.8 Å². The predicted octanol–water partition coefficient (Wildman–Crippen LogP) is 2.64. The van der Waals surface area contributed by atoms with Crippen molar-refractivity contribution in [1.29, 1.82) is 0 Å². The fourth-order valence-electron chi connectivity index (χ4n) is 1.34. The lowest BCUT2D eigenvalue weighted by molar-refractivity contribution is 0.260. The minimum atomic E-state index is 0.296. The Morgan fingerprint density at radius 1 is 1.31 bits per heavy atom. The molecule has 1 aliphatic rings. The first-order valence-electron chi connectivity index (χ1n) is 5.85. The first kappa shape index (κ1) is 11.3. The summed E-state index contributed by atoms with van der Waals surface area (Å²) in [5.41, 5.74) is 0. The molecule has 1 fully saturated rings. The van der Waals surface area contributed by atoms with Crippen LogP contribution in [0.25, 0.3) is 0 Å². The second-order valence-corrected chi connectivity index (χ2v) is 3.94. The van der Waals surface area contributed by atoms with Crippen molar-refractivity contribution >= 4 is 0 Å². The zero-order valence-electron chi connectivity index (χ0n) is 9.65. The highest BCUT2D eigenvalue weighted by atomic mass is 16.6. The fraction of sp³-hybridized carbons (Fsp3) is 0.538. The van der Waals surface area contributed by atoms with Gasteiger partial charge in [-0.25, -0.2) is 0 Å². The Morgan fingerprint density at radius 3 is 2.75 bits per heavy atom. The molecule has 0 saturated carbocycles. The maximum atomic E-state index is 5.60. The van der Waals surface area contributed by atoms with E-state index in [0.29, 0.717) is 12.7 Å². The third kappa shape index (κ3) is 3.74. The molecule has 0 aromatic heterocycles. The van der Waals surface area contributed by atoms with E-state index in [2.05, 4.69) is 6.92 Å². The van der Waals surface area contributed by atoms with Gasteiger partial charge in [0.05, 0.1) is 13.2 Å². The van der Waals surface area contributed by atoms with Gasteiger partial charge in [-0.05, 0) is 18.6 Å². The Kier molecular flexibility index (Phi) is 4.05. The molecule has 3 heteroatoms. The molecule has 1 aromatic carbocycles. The molecule has 0 radical (unpaired) electrons. The van der Waals surface area contributed by atoms with Crippen LogP contribution in [0, 0.1) is 0 Å². The largest absolute Gasteiger partial charge is 0.493 e. The van der Waals surface area contributed by atoms with Gasteiger partial charge in [0, 0.05) is 6.07 Å². The lowest BCUT2D eigenvalue weighted by Crippen LogP contribution is -2.04. The van der Waals surface area contributed by atoms with Crippen LogP contribution < -0.4 is 9.47 Å². The SMILES string of the molecule is CCCCOc1cccc(OCC2CO2)c1. The highest BCUT2D eigenvalue weighted by Crippen LogP contribution is 2.21. The third-order valence-corrected chi connectivity index (χ3v) is 2.41. The van der Waals surface area contributed by atoms with E-state index < -0.39 is 0 Å². The van der Waals surface area contributed by atoms with Gasteiger partial charge in [-0.1, -0.05) is 19.4 Å². The van der Waals surface area contributed by atoms with Gasteiger partial charge in [0.15, 0.2) is 0 Å². The van der Waals surface area contributed by atoms with Gasteiger partial charge < -0.3 is 14.2 Å². The van der Waals surface area contributed by atoms with Crippen LogP contribution in [0.1, 0.15) is 19.8 Å². The molecule has 0 spiro atoms. The summed E-state index contributed by atoms with van der Waals surface area (Å²) in [6.45, 7) is 4.38. The van der Waals surface area contributed by atoms with Crippen molar-refractivity contribution in [2.24, 2.45) is 0 Å². The molecular weight excluding hydrogens is 204 g/mol. The van der Waals surface area contributed by atoms with Crippen LogP contribution in [-0.4, -0.2) is 25.9 Å². The zero-order valence-corrected chi connectivity index (χ0v) is 9.65. The molecule has 1 aromatic rings. The Balaban J connectivity index is 1.80. The molecule has 16 heavy (non-hydrogen) atoms. The average Bonchev–Trinajstić information content (AvgIpc) is 3.11. The molecule has 1 aliphatic heterocycles. The summed E-state index contributed by atoms with van der Waals surface area (Å²) in [7, 11) is 0. The summed E-state index contributed by atoms with van der Waals surface area (Å²) in [5, 5.41) is 0. The van der Waals surface area contributed by atoms with Crippen LogP contribution in [-0.2, 0) is 4.74 Å². The normalized spacial score (nSPS) is 18.2. The molecule has 0 amide bonds. The van der Waals surface area contributed by atoms with E-state index in [0.717, 1.165) is 37.6 Å². The molecule has 0 aliphatic carbocycles. The summed E-state index contributed by atoms with van der Waals surface area (Å²) in [6.07, 6.45) is 2.53. The minimum Gasteiger partial charge on any atom is -0.493 e. The second-order valence-electron chi connectivity index (χ2n) is 3.94. The van der Waals surface area contributed by atoms with E-state index in [1.165, 1.54) is 0 Å². The van der Waals surface area contributed by atoms with Gasteiger partial charge in [-0.15, -0.1) is 0 Å². The van der Waals surface area contributed by atoms with Crippen LogP contribution in [0.2, 0.25) is 0 Å². The Labute approximate surface area is 96.3 Å². The Hall–Kier alpha value is -1.22. The van der Waals surface area contributed by atoms with Crippen LogP contribution in [0.3, 0.4) is 0 Å². The molecule has 1 unspecified atom stereocenters. The smallest absolute Gasteiger partial charge is 0.123 e. The fourth-order valence-corrected chi connectivity index (χ4v) is 1.34. The molecular formula is C13H18O3. The summed E-state index contributed by atoms with van der Waals surface area (Å²) in [6, 6.07) is 7.77. The molecule has 0 bridgehead atoms. The van der Waals surface area contributed by atoms with Crippen molar-refractivity contribution in [3.05, 3.63) is 24.3 Å². The van der Waals surface area contributed by atoms with Gasteiger partial charge in [0.25, 0.3) is 0 Å². The Morgan fingerprint density at radius 2 is 2.06 bits per heavy atom. The maximum Gasteiger partial charge on any atom is 0.123 e. The van der Waals surface area contributed by atoms with E-state index in [1.54, 1.807) is 0 Å². The van der Waals surface area contributed by atoms with E-state index in [1.807, 2.05) is 24.3 Å². The quantitative estimate of drug-likeness (QED) is 0.525. The molecule has 1 atom stereocenters. The summed E-state index contributed by atoms with van der Waals surface area (Å²) in [4.78, 5) is 0. The monoisotopic (exact) mass is 222 g/mol. The minimum absolute atomic E-state index is 0.296. The molecule has 88 valence electrons. The lowest BCUT2D eigenvalue weighted by atomic mass is 10.3. The topological polar surface area (TPSA) is 31.0 Å². The van der Waals surface area contributed by atoms with Gasteiger partial charge in [0.2, 0.25) is 0 Å². The number of hydrogen-bond acceptors (Lipinski definition) is 3. The van der Waals surface area contributed by atoms with Gasteiger partial charge in [0.1, 0.15) is 24.2 Å². The molecule has 1 saturated heterocycles. The van der Waals surface area contributed by atoms with E-state index in [-0.39, 0.29) is 0 Å². The molecule has 1 heterocycles. The number of rotatable bonds is 7. The molecule has 0 N–H and O–H groups in total.